The summed E-state index contributed by atoms with van der Waals surface area (Å²) in [7, 11) is 0. The summed E-state index contributed by atoms with van der Waals surface area (Å²) in [5.74, 6) is 1.02. The van der Waals surface area contributed by atoms with Crippen molar-refractivity contribution in [1.82, 2.24) is 5.32 Å². The van der Waals surface area contributed by atoms with Crippen molar-refractivity contribution >= 4 is 0 Å². The second-order valence-corrected chi connectivity index (χ2v) is 4.58. The van der Waals surface area contributed by atoms with Crippen molar-refractivity contribution in [3.8, 4) is 5.75 Å². The zero-order valence-electron chi connectivity index (χ0n) is 11.3. The summed E-state index contributed by atoms with van der Waals surface area (Å²) in [6.07, 6.45) is 2.07. The zero-order chi connectivity index (χ0) is 12.8. The number of aryl methyl sites for hydroxylation is 1. The van der Waals surface area contributed by atoms with Crippen LogP contribution in [0.4, 0.5) is 0 Å². The van der Waals surface area contributed by atoms with Gasteiger partial charge in [0.1, 0.15) is 5.75 Å². The number of nitrogens with one attached hydrogen (secondary N) is 1. The van der Waals surface area contributed by atoms with Crippen LogP contribution in [0.25, 0.3) is 0 Å². The first kappa shape index (κ1) is 13.8. The fraction of sp³-hybridized carbons (Fsp3) is 0.467. The molecule has 1 aromatic carbocycles. The van der Waals surface area contributed by atoms with Gasteiger partial charge in [0.05, 0.1) is 6.10 Å². The van der Waals surface area contributed by atoms with Crippen molar-refractivity contribution in [2.45, 2.75) is 40.3 Å². The third kappa shape index (κ3) is 3.90. The minimum absolute atomic E-state index is 0.202. The molecule has 0 aliphatic heterocycles. The first-order chi connectivity index (χ1) is 8.06. The third-order valence-corrected chi connectivity index (χ3v) is 2.72. The van der Waals surface area contributed by atoms with Crippen LogP contribution in [0.3, 0.4) is 0 Å². The molecule has 0 amide bonds. The van der Waals surface area contributed by atoms with Crippen LogP contribution in [-0.2, 0) is 6.54 Å². The highest BCUT2D eigenvalue weighted by Gasteiger charge is 2.10. The SMILES string of the molecule is C=CCNCc1ccc(C)c(C)c1OC(C)C. The largest absolute Gasteiger partial charge is 0.490 e. The Balaban J connectivity index is 2.93. The molecule has 2 nitrogen and oxygen atoms in total. The van der Waals surface area contributed by atoms with E-state index in [1.165, 1.54) is 16.7 Å². The second kappa shape index (κ2) is 6.45. The molecule has 0 aromatic heterocycles. The minimum Gasteiger partial charge on any atom is -0.490 e. The molecular formula is C15H23NO. The van der Waals surface area contributed by atoms with Crippen molar-refractivity contribution in [3.63, 3.8) is 0 Å². The van der Waals surface area contributed by atoms with Gasteiger partial charge < -0.3 is 10.1 Å². The van der Waals surface area contributed by atoms with E-state index in [9.17, 15) is 0 Å². The van der Waals surface area contributed by atoms with E-state index in [1.54, 1.807) is 0 Å². The Hall–Kier alpha value is -1.28. The van der Waals surface area contributed by atoms with Crippen LogP contribution in [0.1, 0.15) is 30.5 Å². The molecule has 0 atom stereocenters. The Morgan fingerprint density at radius 2 is 2.06 bits per heavy atom. The van der Waals surface area contributed by atoms with E-state index < -0.39 is 0 Å². The summed E-state index contributed by atoms with van der Waals surface area (Å²) in [5.41, 5.74) is 3.72. The maximum absolute atomic E-state index is 5.92. The lowest BCUT2D eigenvalue weighted by Crippen LogP contribution is -2.16. The third-order valence-electron chi connectivity index (χ3n) is 2.72. The summed E-state index contributed by atoms with van der Waals surface area (Å²) < 4.78 is 5.92. The lowest BCUT2D eigenvalue weighted by molar-refractivity contribution is 0.237. The van der Waals surface area contributed by atoms with Crippen LogP contribution in [0.2, 0.25) is 0 Å². The highest BCUT2D eigenvalue weighted by atomic mass is 16.5. The number of hydrogen-bond acceptors (Lipinski definition) is 2. The zero-order valence-corrected chi connectivity index (χ0v) is 11.3. The molecule has 1 N–H and O–H groups in total. The van der Waals surface area contributed by atoms with E-state index >= 15 is 0 Å². The Morgan fingerprint density at radius 3 is 2.65 bits per heavy atom. The number of hydrogen-bond donors (Lipinski definition) is 1. The number of rotatable bonds is 6. The van der Waals surface area contributed by atoms with Crippen LogP contribution >= 0.6 is 0 Å². The van der Waals surface area contributed by atoms with Gasteiger partial charge in [-0.1, -0.05) is 18.2 Å². The molecule has 0 radical (unpaired) electrons. The fourth-order valence-electron chi connectivity index (χ4n) is 1.69. The van der Waals surface area contributed by atoms with Gasteiger partial charge in [0.15, 0.2) is 0 Å². The minimum atomic E-state index is 0.202. The van der Waals surface area contributed by atoms with Crippen LogP contribution < -0.4 is 10.1 Å². The molecule has 0 fully saturated rings. The highest BCUT2D eigenvalue weighted by molar-refractivity contribution is 5.45. The van der Waals surface area contributed by atoms with E-state index in [1.807, 2.05) is 6.08 Å². The molecular weight excluding hydrogens is 210 g/mol. The molecule has 0 heterocycles. The standard InChI is InChI=1S/C15H23NO/c1-6-9-16-10-14-8-7-12(4)13(5)15(14)17-11(2)3/h6-8,11,16H,1,9-10H2,2-5H3. The molecule has 0 aliphatic carbocycles. The molecule has 94 valence electrons. The molecule has 17 heavy (non-hydrogen) atoms. The first-order valence-corrected chi connectivity index (χ1v) is 6.13. The van der Waals surface area contributed by atoms with E-state index in [2.05, 4.69) is 51.7 Å². The lowest BCUT2D eigenvalue weighted by atomic mass is 10.0. The van der Waals surface area contributed by atoms with Gasteiger partial charge in [-0.25, -0.2) is 0 Å². The summed E-state index contributed by atoms with van der Waals surface area (Å²) in [6, 6.07) is 4.28. The van der Waals surface area contributed by atoms with Gasteiger partial charge in [0, 0.05) is 18.7 Å². The van der Waals surface area contributed by atoms with Gasteiger partial charge >= 0.3 is 0 Å². The van der Waals surface area contributed by atoms with Crippen LogP contribution in [0.5, 0.6) is 5.75 Å². The van der Waals surface area contributed by atoms with Crippen LogP contribution in [0, 0.1) is 13.8 Å². The van der Waals surface area contributed by atoms with Crippen molar-refractivity contribution < 1.29 is 4.74 Å². The molecule has 1 rings (SSSR count). The van der Waals surface area contributed by atoms with Gasteiger partial charge in [0.2, 0.25) is 0 Å². The van der Waals surface area contributed by atoms with Gasteiger partial charge in [-0.05, 0) is 38.8 Å². The predicted octanol–water partition coefficient (Wildman–Crippen LogP) is 3.37. The quantitative estimate of drug-likeness (QED) is 0.601. The fourth-order valence-corrected chi connectivity index (χ4v) is 1.69. The lowest BCUT2D eigenvalue weighted by Gasteiger charge is -2.18. The van der Waals surface area contributed by atoms with E-state index in [4.69, 9.17) is 4.74 Å². The van der Waals surface area contributed by atoms with E-state index in [-0.39, 0.29) is 6.10 Å². The second-order valence-electron chi connectivity index (χ2n) is 4.58. The van der Waals surface area contributed by atoms with Gasteiger partial charge in [0.25, 0.3) is 0 Å². The molecule has 0 saturated carbocycles. The summed E-state index contributed by atoms with van der Waals surface area (Å²) >= 11 is 0. The Bertz CT molecular complexity index is 383. The van der Waals surface area contributed by atoms with Crippen molar-refractivity contribution in [2.24, 2.45) is 0 Å². The summed E-state index contributed by atoms with van der Waals surface area (Å²) in [4.78, 5) is 0. The Morgan fingerprint density at radius 1 is 1.35 bits per heavy atom. The summed E-state index contributed by atoms with van der Waals surface area (Å²) in [5, 5.41) is 3.31. The van der Waals surface area contributed by atoms with Crippen LogP contribution in [0.15, 0.2) is 24.8 Å². The molecule has 0 saturated heterocycles. The normalized spacial score (nSPS) is 10.6. The van der Waals surface area contributed by atoms with Crippen molar-refractivity contribution in [2.75, 3.05) is 6.54 Å². The molecule has 0 bridgehead atoms. The maximum Gasteiger partial charge on any atom is 0.127 e. The molecule has 2 heteroatoms. The number of ether oxygens (including phenoxy) is 1. The van der Waals surface area contributed by atoms with Crippen LogP contribution in [-0.4, -0.2) is 12.6 Å². The first-order valence-electron chi connectivity index (χ1n) is 6.13. The summed E-state index contributed by atoms with van der Waals surface area (Å²) in [6.45, 7) is 13.7. The maximum atomic E-state index is 5.92. The Labute approximate surface area is 105 Å². The molecule has 1 aromatic rings. The highest BCUT2D eigenvalue weighted by Crippen LogP contribution is 2.27. The monoisotopic (exact) mass is 233 g/mol. The van der Waals surface area contributed by atoms with Gasteiger partial charge in [-0.15, -0.1) is 6.58 Å². The van der Waals surface area contributed by atoms with Crippen molar-refractivity contribution in [3.05, 3.63) is 41.5 Å². The van der Waals surface area contributed by atoms with Crippen molar-refractivity contribution in [1.29, 1.82) is 0 Å². The molecule has 0 unspecified atom stereocenters. The van der Waals surface area contributed by atoms with E-state index in [0.29, 0.717) is 0 Å². The predicted molar refractivity (Wildman–Crippen MR) is 73.6 cm³/mol. The molecule has 0 spiro atoms. The van der Waals surface area contributed by atoms with E-state index in [0.717, 1.165) is 18.8 Å². The van der Waals surface area contributed by atoms with Gasteiger partial charge in [-0.3, -0.25) is 0 Å². The smallest absolute Gasteiger partial charge is 0.127 e. The number of benzene rings is 1. The van der Waals surface area contributed by atoms with Gasteiger partial charge in [-0.2, -0.15) is 0 Å². The Kier molecular flexibility index (Phi) is 5.23. The average molecular weight is 233 g/mol. The average Bonchev–Trinajstić information content (AvgIpc) is 2.27. The molecule has 0 aliphatic rings. The topological polar surface area (TPSA) is 21.3 Å².